The maximum atomic E-state index is 11.9. The fourth-order valence-electron chi connectivity index (χ4n) is 3.00. The Morgan fingerprint density at radius 2 is 2.04 bits per heavy atom. The lowest BCUT2D eigenvalue weighted by atomic mass is 10.1. The highest BCUT2D eigenvalue weighted by Crippen LogP contribution is 2.28. The largest absolute Gasteiger partial charge is 0.490 e. The van der Waals surface area contributed by atoms with Gasteiger partial charge in [-0.1, -0.05) is 31.9 Å². The van der Waals surface area contributed by atoms with Crippen LogP contribution in [-0.2, 0) is 4.79 Å². The van der Waals surface area contributed by atoms with Gasteiger partial charge in [0.15, 0.2) is 11.5 Å². The van der Waals surface area contributed by atoms with Gasteiger partial charge in [-0.25, -0.2) is 0 Å². The van der Waals surface area contributed by atoms with E-state index < -0.39 is 0 Å². The van der Waals surface area contributed by atoms with E-state index >= 15 is 0 Å². The molecule has 0 aliphatic carbocycles. The highest BCUT2D eigenvalue weighted by atomic mass is 16.6. The molecule has 0 aromatic heterocycles. The first-order valence-corrected chi connectivity index (χ1v) is 8.83. The van der Waals surface area contributed by atoms with Gasteiger partial charge >= 0.3 is 5.97 Å². The molecule has 0 radical (unpaired) electrons. The minimum atomic E-state index is -0.176. The van der Waals surface area contributed by atoms with Crippen molar-refractivity contribution >= 4 is 5.97 Å². The number of carbonyl (C=O) groups excluding carboxylic acids is 1. The minimum Gasteiger partial charge on any atom is -0.490 e. The molecule has 1 aromatic carbocycles. The molecule has 0 spiro atoms. The number of benzene rings is 1. The molecule has 1 unspecified atom stereocenters. The van der Waals surface area contributed by atoms with Crippen LogP contribution >= 0.6 is 0 Å². The Balaban J connectivity index is 1.81. The number of hydrogen-bond acceptors (Lipinski definition) is 4. The van der Waals surface area contributed by atoms with Gasteiger partial charge in [-0.15, -0.1) is 0 Å². The second kappa shape index (κ2) is 9.56. The summed E-state index contributed by atoms with van der Waals surface area (Å²) in [5.74, 6) is 1.02. The van der Waals surface area contributed by atoms with Crippen LogP contribution in [0.15, 0.2) is 24.3 Å². The molecule has 2 rings (SSSR count). The smallest absolute Gasteiger partial charge is 0.311 e. The number of hydrogen-bond donors (Lipinski definition) is 0. The second-order valence-corrected chi connectivity index (χ2v) is 6.29. The van der Waals surface area contributed by atoms with E-state index in [4.69, 9.17) is 9.47 Å². The standard InChI is InChI=1S/C19H29NO3/c1-3-4-5-12-19(21)23-18-11-7-6-10-17(18)22-15-13-16-9-8-14-20(16)2/h6-7,10-11,16H,3-5,8-9,12-15H2,1-2H3. The number of ether oxygens (including phenoxy) is 2. The molecule has 128 valence electrons. The Kier molecular flexibility index (Phi) is 7.40. The van der Waals surface area contributed by atoms with Gasteiger partial charge in [-0.2, -0.15) is 0 Å². The van der Waals surface area contributed by atoms with E-state index in [-0.39, 0.29) is 5.97 Å². The molecule has 0 N–H and O–H groups in total. The number of rotatable bonds is 9. The van der Waals surface area contributed by atoms with Crippen LogP contribution in [0.5, 0.6) is 11.5 Å². The van der Waals surface area contributed by atoms with Crippen molar-refractivity contribution < 1.29 is 14.3 Å². The summed E-state index contributed by atoms with van der Waals surface area (Å²) in [7, 11) is 2.17. The van der Waals surface area contributed by atoms with E-state index in [2.05, 4.69) is 18.9 Å². The molecular weight excluding hydrogens is 290 g/mol. The van der Waals surface area contributed by atoms with E-state index in [1.807, 2.05) is 18.2 Å². The molecule has 1 aliphatic rings. The number of nitrogens with zero attached hydrogens (tertiary/aromatic N) is 1. The van der Waals surface area contributed by atoms with Gasteiger partial charge in [0.2, 0.25) is 0 Å². The zero-order valence-corrected chi connectivity index (χ0v) is 14.4. The summed E-state index contributed by atoms with van der Waals surface area (Å²) in [4.78, 5) is 14.3. The average Bonchev–Trinajstić information content (AvgIpc) is 2.95. The summed E-state index contributed by atoms with van der Waals surface area (Å²) < 4.78 is 11.3. The summed E-state index contributed by atoms with van der Waals surface area (Å²) >= 11 is 0. The lowest BCUT2D eigenvalue weighted by Gasteiger charge is -2.19. The van der Waals surface area contributed by atoms with Gasteiger partial charge in [-0.05, 0) is 51.4 Å². The van der Waals surface area contributed by atoms with Crippen molar-refractivity contribution in [1.82, 2.24) is 4.90 Å². The van der Waals surface area contributed by atoms with Gasteiger partial charge < -0.3 is 14.4 Å². The summed E-state index contributed by atoms with van der Waals surface area (Å²) in [5, 5.41) is 0. The number of para-hydroxylation sites is 2. The minimum absolute atomic E-state index is 0.176. The van der Waals surface area contributed by atoms with Crippen molar-refractivity contribution in [2.24, 2.45) is 0 Å². The quantitative estimate of drug-likeness (QED) is 0.391. The first-order chi connectivity index (χ1) is 11.2. The third-order valence-corrected chi connectivity index (χ3v) is 4.44. The Morgan fingerprint density at radius 3 is 2.74 bits per heavy atom. The number of likely N-dealkylation sites (tertiary alicyclic amines) is 1. The summed E-state index contributed by atoms with van der Waals surface area (Å²) in [6, 6.07) is 8.05. The van der Waals surface area contributed by atoms with Crippen LogP contribution in [0.25, 0.3) is 0 Å². The maximum absolute atomic E-state index is 11.9. The lowest BCUT2D eigenvalue weighted by molar-refractivity contribution is -0.134. The lowest BCUT2D eigenvalue weighted by Crippen LogP contribution is -2.26. The normalized spacial score (nSPS) is 18.1. The van der Waals surface area contributed by atoms with Crippen LogP contribution in [0.4, 0.5) is 0 Å². The second-order valence-electron chi connectivity index (χ2n) is 6.29. The topological polar surface area (TPSA) is 38.8 Å². The number of unbranched alkanes of at least 4 members (excludes halogenated alkanes) is 2. The van der Waals surface area contributed by atoms with Crippen LogP contribution in [0.1, 0.15) is 51.9 Å². The van der Waals surface area contributed by atoms with Gasteiger partial charge in [0.25, 0.3) is 0 Å². The average molecular weight is 319 g/mol. The molecule has 1 fully saturated rings. The van der Waals surface area contributed by atoms with E-state index in [0.29, 0.717) is 30.6 Å². The molecule has 1 aliphatic heterocycles. The van der Waals surface area contributed by atoms with E-state index in [9.17, 15) is 4.79 Å². The fourth-order valence-corrected chi connectivity index (χ4v) is 3.00. The first kappa shape index (κ1) is 17.8. The first-order valence-electron chi connectivity index (χ1n) is 8.83. The Hall–Kier alpha value is -1.55. The van der Waals surface area contributed by atoms with Gasteiger partial charge in [0, 0.05) is 12.5 Å². The van der Waals surface area contributed by atoms with Crippen molar-refractivity contribution in [3.63, 3.8) is 0 Å². The van der Waals surface area contributed by atoms with E-state index in [1.165, 1.54) is 19.4 Å². The van der Waals surface area contributed by atoms with Crippen molar-refractivity contribution in [1.29, 1.82) is 0 Å². The van der Waals surface area contributed by atoms with Crippen molar-refractivity contribution in [3.8, 4) is 11.5 Å². The molecule has 4 heteroatoms. The predicted octanol–water partition coefficient (Wildman–Crippen LogP) is 4.04. The molecule has 0 bridgehead atoms. The zero-order chi connectivity index (χ0) is 16.5. The molecule has 1 saturated heterocycles. The Labute approximate surface area is 139 Å². The molecule has 1 aromatic rings. The maximum Gasteiger partial charge on any atom is 0.311 e. The van der Waals surface area contributed by atoms with Crippen LogP contribution < -0.4 is 9.47 Å². The monoisotopic (exact) mass is 319 g/mol. The predicted molar refractivity (Wildman–Crippen MR) is 92.0 cm³/mol. The summed E-state index contributed by atoms with van der Waals surface area (Å²) in [6.45, 7) is 3.95. The molecule has 0 saturated carbocycles. The van der Waals surface area contributed by atoms with Crippen LogP contribution in [0.3, 0.4) is 0 Å². The molecular formula is C19H29NO3. The molecule has 23 heavy (non-hydrogen) atoms. The highest BCUT2D eigenvalue weighted by molar-refractivity contribution is 5.73. The van der Waals surface area contributed by atoms with Gasteiger partial charge in [0.05, 0.1) is 6.61 Å². The van der Waals surface area contributed by atoms with Gasteiger partial charge in [-0.3, -0.25) is 4.79 Å². The van der Waals surface area contributed by atoms with Crippen LogP contribution in [0, 0.1) is 0 Å². The molecule has 0 amide bonds. The molecule has 1 heterocycles. The van der Waals surface area contributed by atoms with Gasteiger partial charge in [0.1, 0.15) is 0 Å². The van der Waals surface area contributed by atoms with Crippen molar-refractivity contribution in [2.75, 3.05) is 20.2 Å². The molecule has 1 atom stereocenters. The summed E-state index contributed by atoms with van der Waals surface area (Å²) in [5.41, 5.74) is 0. The Morgan fingerprint density at radius 1 is 1.26 bits per heavy atom. The number of carbonyl (C=O) groups is 1. The van der Waals surface area contributed by atoms with Crippen molar-refractivity contribution in [3.05, 3.63) is 24.3 Å². The third-order valence-electron chi connectivity index (χ3n) is 4.44. The summed E-state index contributed by atoms with van der Waals surface area (Å²) in [6.07, 6.45) is 7.03. The SMILES string of the molecule is CCCCCC(=O)Oc1ccccc1OCCC1CCCN1C. The Bertz CT molecular complexity index is 489. The zero-order valence-electron chi connectivity index (χ0n) is 14.4. The van der Waals surface area contributed by atoms with Crippen molar-refractivity contribution in [2.45, 2.75) is 57.9 Å². The van der Waals surface area contributed by atoms with E-state index in [1.54, 1.807) is 6.07 Å². The highest BCUT2D eigenvalue weighted by Gasteiger charge is 2.20. The number of esters is 1. The molecule has 4 nitrogen and oxygen atoms in total. The third kappa shape index (κ3) is 5.87. The fraction of sp³-hybridized carbons (Fsp3) is 0.632. The van der Waals surface area contributed by atoms with Crippen LogP contribution in [-0.4, -0.2) is 37.1 Å². The van der Waals surface area contributed by atoms with E-state index in [0.717, 1.165) is 25.7 Å². The van der Waals surface area contributed by atoms with Crippen LogP contribution in [0.2, 0.25) is 0 Å².